The third-order valence-electron chi connectivity index (χ3n) is 5.68. The Bertz CT molecular complexity index is 924. The first-order chi connectivity index (χ1) is 15.0. The number of carbonyl (C=O) groups excluding carboxylic acids is 1. The van der Waals surface area contributed by atoms with E-state index >= 15 is 0 Å². The molecule has 2 amide bonds. The van der Waals surface area contributed by atoms with Gasteiger partial charge in [-0.2, -0.15) is 0 Å². The van der Waals surface area contributed by atoms with Crippen LogP contribution in [0.1, 0.15) is 12.8 Å². The van der Waals surface area contributed by atoms with E-state index in [4.69, 9.17) is 4.74 Å². The standard InChI is InChI=1S/C21H26N6O4/c1-25-13-17(14-25)26-10-7-15(8-11-26)23-21(28)24-20-12-19(6-9-22-20)31-18-4-2-16(3-5-18)27(29)30/h2-6,9,12,15,17H,7-8,10-11,13-14H2,1H3,(H2,22,23,24,28). The van der Waals surface area contributed by atoms with Gasteiger partial charge in [0.25, 0.3) is 5.69 Å². The lowest BCUT2D eigenvalue weighted by Crippen LogP contribution is -2.60. The van der Waals surface area contributed by atoms with Crippen LogP contribution in [0.15, 0.2) is 42.6 Å². The number of benzene rings is 1. The third-order valence-corrected chi connectivity index (χ3v) is 5.68. The number of likely N-dealkylation sites (N-methyl/N-ethyl adjacent to an activating group) is 1. The fourth-order valence-corrected chi connectivity index (χ4v) is 3.96. The van der Waals surface area contributed by atoms with Crippen molar-refractivity contribution in [1.82, 2.24) is 20.1 Å². The topological polar surface area (TPSA) is 113 Å². The Labute approximate surface area is 180 Å². The number of ether oxygens (including phenoxy) is 1. The predicted octanol–water partition coefficient (Wildman–Crippen LogP) is 2.68. The molecule has 2 aliphatic rings. The van der Waals surface area contributed by atoms with Crippen LogP contribution < -0.4 is 15.4 Å². The fourth-order valence-electron chi connectivity index (χ4n) is 3.96. The number of amides is 2. The quantitative estimate of drug-likeness (QED) is 0.539. The molecule has 4 rings (SSSR count). The number of hydrogen-bond acceptors (Lipinski definition) is 7. The van der Waals surface area contributed by atoms with E-state index < -0.39 is 4.92 Å². The first-order valence-corrected chi connectivity index (χ1v) is 10.3. The van der Waals surface area contributed by atoms with Gasteiger partial charge in [-0.05, 0) is 38.1 Å². The highest BCUT2D eigenvalue weighted by atomic mass is 16.6. The monoisotopic (exact) mass is 426 g/mol. The van der Waals surface area contributed by atoms with Crippen molar-refractivity contribution in [2.75, 3.05) is 38.5 Å². The van der Waals surface area contributed by atoms with Crippen LogP contribution in [0, 0.1) is 10.1 Å². The number of non-ortho nitro benzene ring substituents is 1. The molecule has 2 aromatic rings. The average Bonchev–Trinajstić information content (AvgIpc) is 2.73. The van der Waals surface area contributed by atoms with Crippen LogP contribution >= 0.6 is 0 Å². The van der Waals surface area contributed by atoms with Gasteiger partial charge in [-0.1, -0.05) is 0 Å². The van der Waals surface area contributed by atoms with Crippen LogP contribution in [0.25, 0.3) is 0 Å². The number of pyridine rings is 1. The van der Waals surface area contributed by atoms with Gasteiger partial charge in [-0.25, -0.2) is 9.78 Å². The van der Waals surface area contributed by atoms with Crippen molar-refractivity contribution in [1.29, 1.82) is 0 Å². The Hall–Kier alpha value is -3.24. The van der Waals surface area contributed by atoms with E-state index in [0.29, 0.717) is 23.4 Å². The molecule has 0 unspecified atom stereocenters. The first kappa shape index (κ1) is 21.0. The van der Waals surface area contributed by atoms with E-state index in [1.807, 2.05) is 0 Å². The summed E-state index contributed by atoms with van der Waals surface area (Å²) in [5, 5.41) is 16.5. The van der Waals surface area contributed by atoms with Crippen molar-refractivity contribution >= 4 is 17.5 Å². The molecule has 0 atom stereocenters. The molecule has 0 aliphatic carbocycles. The van der Waals surface area contributed by atoms with Crippen LogP contribution in [-0.4, -0.2) is 71.0 Å². The van der Waals surface area contributed by atoms with Crippen molar-refractivity contribution in [3.63, 3.8) is 0 Å². The summed E-state index contributed by atoms with van der Waals surface area (Å²) in [4.78, 5) is 31.6. The highest BCUT2D eigenvalue weighted by Gasteiger charge is 2.32. The number of nitro groups is 1. The number of carbonyl (C=O) groups is 1. The van der Waals surface area contributed by atoms with Gasteiger partial charge < -0.3 is 15.0 Å². The lowest BCUT2D eigenvalue weighted by Gasteiger charge is -2.46. The minimum Gasteiger partial charge on any atom is -0.457 e. The molecule has 0 bridgehead atoms. The second-order valence-corrected chi connectivity index (χ2v) is 8.01. The second-order valence-electron chi connectivity index (χ2n) is 8.01. The molecule has 1 aromatic heterocycles. The van der Waals surface area contributed by atoms with Crippen molar-refractivity contribution in [2.45, 2.75) is 24.9 Å². The van der Waals surface area contributed by atoms with E-state index in [1.165, 1.54) is 30.5 Å². The van der Waals surface area contributed by atoms with Crippen molar-refractivity contribution in [3.8, 4) is 11.5 Å². The maximum absolute atomic E-state index is 12.4. The summed E-state index contributed by atoms with van der Waals surface area (Å²) in [6.45, 7) is 4.26. The summed E-state index contributed by atoms with van der Waals surface area (Å²) < 4.78 is 5.70. The molecule has 3 heterocycles. The summed E-state index contributed by atoms with van der Waals surface area (Å²) in [6.07, 6.45) is 3.40. The molecular formula is C21H26N6O4. The molecular weight excluding hydrogens is 400 g/mol. The Morgan fingerprint density at radius 1 is 1.16 bits per heavy atom. The number of aromatic nitrogens is 1. The lowest BCUT2D eigenvalue weighted by atomic mass is 10.0. The number of likely N-dealkylation sites (tertiary alicyclic amines) is 2. The number of rotatable bonds is 6. The van der Waals surface area contributed by atoms with Crippen LogP contribution in [0.5, 0.6) is 11.5 Å². The Kier molecular flexibility index (Phi) is 6.28. The Morgan fingerprint density at radius 3 is 2.52 bits per heavy atom. The van der Waals surface area contributed by atoms with Crippen molar-refractivity contribution < 1.29 is 14.5 Å². The summed E-state index contributed by atoms with van der Waals surface area (Å²) in [5.41, 5.74) is -0.00744. The lowest BCUT2D eigenvalue weighted by molar-refractivity contribution is -0.384. The summed E-state index contributed by atoms with van der Waals surface area (Å²) in [6, 6.07) is 9.56. The van der Waals surface area contributed by atoms with Crippen LogP contribution in [0.3, 0.4) is 0 Å². The first-order valence-electron chi connectivity index (χ1n) is 10.3. The molecule has 164 valence electrons. The number of piperidine rings is 1. The fraction of sp³-hybridized carbons (Fsp3) is 0.429. The van der Waals surface area contributed by atoms with Crippen LogP contribution in [-0.2, 0) is 0 Å². The number of nitro benzene ring substituents is 1. The molecule has 0 spiro atoms. The highest BCUT2D eigenvalue weighted by molar-refractivity contribution is 5.88. The van der Waals surface area contributed by atoms with Gasteiger partial charge in [0.15, 0.2) is 0 Å². The van der Waals surface area contributed by atoms with Gasteiger partial charge in [0.1, 0.15) is 17.3 Å². The molecule has 10 heteroatoms. The van der Waals surface area contributed by atoms with Crippen LogP contribution in [0.2, 0.25) is 0 Å². The molecule has 2 fully saturated rings. The molecule has 1 aromatic carbocycles. The number of urea groups is 1. The number of nitrogens with one attached hydrogen (secondary N) is 2. The maximum Gasteiger partial charge on any atom is 0.320 e. The zero-order chi connectivity index (χ0) is 21.8. The largest absolute Gasteiger partial charge is 0.457 e. The number of anilines is 1. The van der Waals surface area contributed by atoms with Gasteiger partial charge in [0, 0.05) is 62.7 Å². The zero-order valence-corrected chi connectivity index (χ0v) is 17.4. The van der Waals surface area contributed by atoms with Gasteiger partial charge >= 0.3 is 6.03 Å². The maximum atomic E-state index is 12.4. The van der Waals surface area contributed by atoms with E-state index in [9.17, 15) is 14.9 Å². The van der Waals surface area contributed by atoms with Crippen molar-refractivity contribution in [2.24, 2.45) is 0 Å². The molecule has 0 radical (unpaired) electrons. The van der Waals surface area contributed by atoms with Crippen LogP contribution in [0.4, 0.5) is 16.3 Å². The molecule has 10 nitrogen and oxygen atoms in total. The molecule has 2 N–H and O–H groups in total. The van der Waals surface area contributed by atoms with E-state index in [0.717, 1.165) is 39.0 Å². The number of nitrogens with zero attached hydrogens (tertiary/aromatic N) is 4. The summed E-state index contributed by atoms with van der Waals surface area (Å²) >= 11 is 0. The summed E-state index contributed by atoms with van der Waals surface area (Å²) in [5.74, 6) is 1.29. The van der Waals surface area contributed by atoms with Gasteiger partial charge in [0.2, 0.25) is 0 Å². The molecule has 2 saturated heterocycles. The second kappa shape index (κ2) is 9.27. The van der Waals surface area contributed by atoms with Gasteiger partial charge in [-0.15, -0.1) is 0 Å². The zero-order valence-electron chi connectivity index (χ0n) is 17.4. The minimum atomic E-state index is -0.466. The van der Waals surface area contributed by atoms with Gasteiger partial charge in [-0.3, -0.25) is 20.3 Å². The normalized spacial score (nSPS) is 18.2. The smallest absolute Gasteiger partial charge is 0.320 e. The SMILES string of the molecule is CN1CC(N2CCC(NC(=O)Nc3cc(Oc4ccc([N+](=O)[O-])cc4)ccn3)CC2)C1. The third kappa shape index (κ3) is 5.47. The van der Waals surface area contributed by atoms with Gasteiger partial charge in [0.05, 0.1) is 4.92 Å². The number of hydrogen-bond donors (Lipinski definition) is 2. The van der Waals surface area contributed by atoms with E-state index in [2.05, 4.69) is 32.5 Å². The molecule has 31 heavy (non-hydrogen) atoms. The predicted molar refractivity (Wildman–Crippen MR) is 115 cm³/mol. The average molecular weight is 426 g/mol. The Morgan fingerprint density at radius 2 is 1.87 bits per heavy atom. The highest BCUT2D eigenvalue weighted by Crippen LogP contribution is 2.25. The van der Waals surface area contributed by atoms with Crippen molar-refractivity contribution in [3.05, 3.63) is 52.7 Å². The minimum absolute atomic E-state index is 0.00744. The molecule has 2 aliphatic heterocycles. The molecule has 0 saturated carbocycles. The summed E-state index contributed by atoms with van der Waals surface area (Å²) in [7, 11) is 2.13. The van der Waals surface area contributed by atoms with E-state index in [1.54, 1.807) is 12.1 Å². The van der Waals surface area contributed by atoms with E-state index in [-0.39, 0.29) is 17.8 Å². The Balaban J connectivity index is 1.25.